The normalized spacial score (nSPS) is 16.5. The Kier molecular flexibility index (Phi) is 6.79. The molecule has 2 aromatic rings. The Morgan fingerprint density at radius 3 is 2.57 bits per heavy atom. The second-order valence-corrected chi connectivity index (χ2v) is 7.18. The van der Waals surface area contributed by atoms with Gasteiger partial charge in [-0.1, -0.05) is 11.6 Å². The first-order chi connectivity index (χ1) is 14.4. The monoisotopic (exact) mass is 431 g/mol. The van der Waals surface area contributed by atoms with Crippen LogP contribution < -0.4 is 20.1 Å². The minimum Gasteiger partial charge on any atom is -0.497 e. The topological polar surface area (TPSA) is 97.0 Å². The zero-order chi connectivity index (χ0) is 21.7. The van der Waals surface area contributed by atoms with Crippen LogP contribution in [0, 0.1) is 5.92 Å². The highest BCUT2D eigenvalue weighted by Crippen LogP contribution is 2.26. The smallest absolute Gasteiger partial charge is 0.329 e. The molecule has 1 atom stereocenters. The van der Waals surface area contributed by atoms with Crippen molar-refractivity contribution in [3.63, 3.8) is 0 Å². The summed E-state index contributed by atoms with van der Waals surface area (Å²) in [6.45, 7) is -0.246. The maximum Gasteiger partial charge on any atom is 0.329 e. The molecule has 9 heteroatoms. The van der Waals surface area contributed by atoms with E-state index in [0.717, 1.165) is 10.5 Å². The first-order valence-corrected chi connectivity index (χ1v) is 9.64. The lowest BCUT2D eigenvalue weighted by atomic mass is 9.97. The third-order valence-corrected chi connectivity index (χ3v) is 4.99. The van der Waals surface area contributed by atoms with E-state index in [1.165, 1.54) is 14.2 Å². The van der Waals surface area contributed by atoms with Crippen molar-refractivity contribution >= 4 is 35.1 Å². The van der Waals surface area contributed by atoms with Gasteiger partial charge in [0.2, 0.25) is 11.8 Å². The summed E-state index contributed by atoms with van der Waals surface area (Å²) in [4.78, 5) is 38.9. The molecule has 0 aromatic heterocycles. The number of carbonyl (C=O) groups excluding carboxylic acids is 3. The zero-order valence-electron chi connectivity index (χ0n) is 16.6. The van der Waals surface area contributed by atoms with E-state index in [1.54, 1.807) is 42.5 Å². The molecule has 0 saturated carbocycles. The van der Waals surface area contributed by atoms with E-state index in [4.69, 9.17) is 21.1 Å². The van der Waals surface area contributed by atoms with E-state index in [0.29, 0.717) is 22.2 Å². The van der Waals surface area contributed by atoms with E-state index >= 15 is 0 Å². The minimum atomic E-state index is -0.676. The summed E-state index contributed by atoms with van der Waals surface area (Å²) < 4.78 is 10.4. The van der Waals surface area contributed by atoms with Gasteiger partial charge in [0.1, 0.15) is 18.0 Å². The number of hydrogen-bond donors (Lipinski definition) is 2. The summed E-state index contributed by atoms with van der Waals surface area (Å²) in [6, 6.07) is 11.1. The fourth-order valence-corrected chi connectivity index (χ4v) is 3.39. The predicted octanol–water partition coefficient (Wildman–Crippen LogP) is 2.71. The SMILES string of the molecule is COc1ccc(NC(=O)N2CC(=O)NCC(Cc3cc(Cl)ccc3OC)C2=O)cc1. The predicted molar refractivity (Wildman–Crippen MR) is 112 cm³/mol. The molecule has 8 nitrogen and oxygen atoms in total. The van der Waals surface area contributed by atoms with Gasteiger partial charge in [0.05, 0.1) is 20.1 Å². The van der Waals surface area contributed by atoms with Crippen LogP contribution in [0.2, 0.25) is 5.02 Å². The van der Waals surface area contributed by atoms with Crippen LogP contribution in [0.5, 0.6) is 11.5 Å². The Labute approximate surface area is 179 Å². The van der Waals surface area contributed by atoms with Gasteiger partial charge < -0.3 is 20.1 Å². The molecule has 30 heavy (non-hydrogen) atoms. The summed E-state index contributed by atoms with van der Waals surface area (Å²) in [5, 5.41) is 5.84. The molecule has 1 aliphatic heterocycles. The van der Waals surface area contributed by atoms with E-state index in [1.807, 2.05) is 0 Å². The highest BCUT2D eigenvalue weighted by molar-refractivity contribution is 6.30. The van der Waals surface area contributed by atoms with Crippen LogP contribution >= 0.6 is 11.6 Å². The van der Waals surface area contributed by atoms with Gasteiger partial charge >= 0.3 is 6.03 Å². The number of ether oxygens (including phenoxy) is 2. The summed E-state index contributed by atoms with van der Waals surface area (Å²) in [5.41, 5.74) is 1.20. The number of nitrogens with zero attached hydrogens (tertiary/aromatic N) is 1. The number of methoxy groups -OCH3 is 2. The molecule has 1 heterocycles. The fraction of sp³-hybridized carbons (Fsp3) is 0.286. The van der Waals surface area contributed by atoms with Crippen LogP contribution in [-0.4, -0.2) is 50.1 Å². The highest BCUT2D eigenvalue weighted by Gasteiger charge is 2.34. The molecule has 1 saturated heterocycles. The van der Waals surface area contributed by atoms with Crippen molar-refractivity contribution in [2.45, 2.75) is 6.42 Å². The lowest BCUT2D eigenvalue weighted by molar-refractivity contribution is -0.133. The summed E-state index contributed by atoms with van der Waals surface area (Å²) >= 11 is 6.08. The molecule has 0 aliphatic carbocycles. The maximum atomic E-state index is 13.1. The standard InChI is InChI=1S/C21H22ClN3O5/c1-29-17-6-4-16(5-7-17)24-21(28)25-12-19(26)23-11-14(20(25)27)9-13-10-15(22)3-8-18(13)30-2/h3-8,10,14H,9,11-12H2,1-2H3,(H,23,26)(H,24,28). The summed E-state index contributed by atoms with van der Waals surface area (Å²) in [7, 11) is 3.06. The largest absolute Gasteiger partial charge is 0.497 e. The van der Waals surface area contributed by atoms with Crippen molar-refractivity contribution in [3.05, 3.63) is 53.1 Å². The Balaban J connectivity index is 1.78. The van der Waals surface area contributed by atoms with E-state index in [2.05, 4.69) is 10.6 Å². The summed E-state index contributed by atoms with van der Waals surface area (Å²) in [5.74, 6) is -0.300. The highest BCUT2D eigenvalue weighted by atomic mass is 35.5. The Bertz CT molecular complexity index is 948. The van der Waals surface area contributed by atoms with Gasteiger partial charge in [-0.25, -0.2) is 4.79 Å². The van der Waals surface area contributed by atoms with Gasteiger partial charge in [0.15, 0.2) is 0 Å². The average molecular weight is 432 g/mol. The first kappa shape index (κ1) is 21.4. The van der Waals surface area contributed by atoms with Crippen LogP contribution in [0.15, 0.2) is 42.5 Å². The fourth-order valence-electron chi connectivity index (χ4n) is 3.19. The number of urea groups is 1. The minimum absolute atomic E-state index is 0.111. The van der Waals surface area contributed by atoms with E-state index < -0.39 is 23.8 Å². The van der Waals surface area contributed by atoms with Crippen molar-refractivity contribution in [3.8, 4) is 11.5 Å². The Morgan fingerprint density at radius 2 is 1.90 bits per heavy atom. The van der Waals surface area contributed by atoms with Gasteiger partial charge in [0.25, 0.3) is 0 Å². The van der Waals surface area contributed by atoms with Crippen LogP contribution in [-0.2, 0) is 16.0 Å². The molecule has 3 rings (SSSR count). The van der Waals surface area contributed by atoms with Gasteiger partial charge in [-0.05, 0) is 54.4 Å². The second kappa shape index (κ2) is 9.49. The molecule has 158 valence electrons. The van der Waals surface area contributed by atoms with Gasteiger partial charge in [0, 0.05) is 17.3 Å². The molecule has 4 amide bonds. The van der Waals surface area contributed by atoms with Crippen molar-refractivity contribution in [1.82, 2.24) is 10.2 Å². The maximum absolute atomic E-state index is 13.1. The molecule has 1 unspecified atom stereocenters. The molecule has 0 bridgehead atoms. The van der Waals surface area contributed by atoms with Crippen LogP contribution in [0.3, 0.4) is 0 Å². The lowest BCUT2D eigenvalue weighted by Gasteiger charge is -2.22. The number of rotatable bonds is 5. The molecule has 0 spiro atoms. The average Bonchev–Trinajstić information content (AvgIpc) is 2.88. The van der Waals surface area contributed by atoms with Crippen LogP contribution in [0.1, 0.15) is 5.56 Å². The number of halogens is 1. The van der Waals surface area contributed by atoms with Crippen molar-refractivity contribution in [2.75, 3.05) is 32.6 Å². The molecule has 1 aliphatic rings. The second-order valence-electron chi connectivity index (χ2n) is 6.74. The van der Waals surface area contributed by atoms with Gasteiger partial charge in [-0.3, -0.25) is 14.5 Å². The van der Waals surface area contributed by atoms with E-state index in [9.17, 15) is 14.4 Å². The van der Waals surface area contributed by atoms with Crippen molar-refractivity contribution < 1.29 is 23.9 Å². The Morgan fingerprint density at radius 1 is 1.17 bits per heavy atom. The van der Waals surface area contributed by atoms with Crippen molar-refractivity contribution in [1.29, 1.82) is 0 Å². The number of benzene rings is 2. The molecular formula is C21H22ClN3O5. The third-order valence-electron chi connectivity index (χ3n) is 4.76. The number of anilines is 1. The van der Waals surface area contributed by atoms with Crippen LogP contribution in [0.25, 0.3) is 0 Å². The number of imide groups is 1. The van der Waals surface area contributed by atoms with E-state index in [-0.39, 0.29) is 19.5 Å². The van der Waals surface area contributed by atoms with Gasteiger partial charge in [-0.2, -0.15) is 0 Å². The number of carbonyl (C=O) groups is 3. The van der Waals surface area contributed by atoms with Crippen molar-refractivity contribution in [2.24, 2.45) is 5.92 Å². The first-order valence-electron chi connectivity index (χ1n) is 9.26. The molecule has 0 radical (unpaired) electrons. The number of nitrogens with one attached hydrogen (secondary N) is 2. The lowest BCUT2D eigenvalue weighted by Crippen LogP contribution is -2.44. The molecule has 1 fully saturated rings. The molecule has 2 aromatic carbocycles. The quantitative estimate of drug-likeness (QED) is 0.758. The third kappa shape index (κ3) is 5.01. The van der Waals surface area contributed by atoms with Gasteiger partial charge in [-0.15, -0.1) is 0 Å². The van der Waals surface area contributed by atoms with Crippen LogP contribution in [0.4, 0.5) is 10.5 Å². The number of amides is 4. The zero-order valence-corrected chi connectivity index (χ0v) is 17.4. The molecule has 2 N–H and O–H groups in total. The number of hydrogen-bond acceptors (Lipinski definition) is 5. The summed E-state index contributed by atoms with van der Waals surface area (Å²) in [6.07, 6.45) is 0.259. The Hall–Kier alpha value is -3.26. The molecular weight excluding hydrogens is 410 g/mol.